The molecule has 8 nitrogen and oxygen atoms in total. The fourth-order valence-electron chi connectivity index (χ4n) is 4.68. The molecule has 32 heavy (non-hydrogen) atoms. The second kappa shape index (κ2) is 8.72. The molecular formula is C24H28N6O2. The molecule has 1 aromatic heterocycles. The van der Waals surface area contributed by atoms with Gasteiger partial charge in [0, 0.05) is 31.2 Å². The Hall–Kier alpha value is -3.23. The van der Waals surface area contributed by atoms with Crippen molar-refractivity contribution in [3.63, 3.8) is 0 Å². The van der Waals surface area contributed by atoms with Crippen LogP contribution in [0.25, 0.3) is 11.4 Å². The highest BCUT2D eigenvalue weighted by Gasteiger charge is 2.30. The van der Waals surface area contributed by atoms with E-state index in [1.165, 1.54) is 5.56 Å². The molecule has 2 aliphatic rings. The first-order valence-electron chi connectivity index (χ1n) is 11.1. The number of rotatable bonds is 4. The molecule has 1 fully saturated rings. The van der Waals surface area contributed by atoms with Crippen LogP contribution in [0.3, 0.4) is 0 Å². The number of aromatic hydroxyl groups is 1. The number of aliphatic hydroxyl groups is 1. The van der Waals surface area contributed by atoms with Crippen LogP contribution in [0.1, 0.15) is 30.0 Å². The van der Waals surface area contributed by atoms with E-state index in [4.69, 9.17) is 20.7 Å². The highest BCUT2D eigenvalue weighted by molar-refractivity contribution is 5.61. The molecule has 0 radical (unpaired) electrons. The maximum atomic E-state index is 10.3. The lowest BCUT2D eigenvalue weighted by molar-refractivity contribution is 0.256. The molecule has 4 N–H and O–H groups in total. The van der Waals surface area contributed by atoms with Crippen LogP contribution in [0, 0.1) is 0 Å². The van der Waals surface area contributed by atoms with Gasteiger partial charge in [0.1, 0.15) is 5.75 Å². The smallest absolute Gasteiger partial charge is 0.231 e. The Morgan fingerprint density at radius 1 is 1.00 bits per heavy atom. The minimum Gasteiger partial charge on any atom is -0.508 e. The molecule has 8 heteroatoms. The Labute approximate surface area is 187 Å². The Morgan fingerprint density at radius 3 is 2.66 bits per heavy atom. The van der Waals surface area contributed by atoms with Gasteiger partial charge in [-0.05, 0) is 42.5 Å². The summed E-state index contributed by atoms with van der Waals surface area (Å²) in [6.07, 6.45) is 2.83. The summed E-state index contributed by atoms with van der Waals surface area (Å²) in [5.74, 6) is 1.77. The van der Waals surface area contributed by atoms with E-state index < -0.39 is 0 Å². The van der Waals surface area contributed by atoms with Gasteiger partial charge in [-0.15, -0.1) is 0 Å². The zero-order valence-electron chi connectivity index (χ0n) is 17.9. The third-order valence-electron chi connectivity index (χ3n) is 6.30. The lowest BCUT2D eigenvalue weighted by atomic mass is 9.93. The molecule has 0 saturated carbocycles. The van der Waals surface area contributed by atoms with Gasteiger partial charge in [-0.3, -0.25) is 0 Å². The number of hydrogen-bond donors (Lipinski definition) is 3. The Kier molecular flexibility index (Phi) is 5.63. The van der Waals surface area contributed by atoms with E-state index in [-0.39, 0.29) is 24.4 Å². The molecule has 5 rings (SSSR count). The molecule has 2 aromatic carbocycles. The molecular weight excluding hydrogens is 404 g/mol. The number of hydrogen-bond acceptors (Lipinski definition) is 8. The van der Waals surface area contributed by atoms with E-state index in [1.807, 2.05) is 18.2 Å². The van der Waals surface area contributed by atoms with Crippen molar-refractivity contribution in [1.29, 1.82) is 0 Å². The lowest BCUT2D eigenvalue weighted by Crippen LogP contribution is -2.44. The molecule has 166 valence electrons. The second-order valence-electron chi connectivity index (χ2n) is 8.50. The number of anilines is 2. The van der Waals surface area contributed by atoms with Crippen molar-refractivity contribution >= 4 is 11.9 Å². The predicted octanol–water partition coefficient (Wildman–Crippen LogP) is 2.27. The summed E-state index contributed by atoms with van der Waals surface area (Å²) >= 11 is 0. The number of aromatic nitrogens is 3. The van der Waals surface area contributed by atoms with Crippen molar-refractivity contribution in [3.8, 4) is 17.1 Å². The number of nitrogens with two attached hydrogens (primary N) is 1. The van der Waals surface area contributed by atoms with Gasteiger partial charge in [0.25, 0.3) is 0 Å². The maximum absolute atomic E-state index is 10.3. The topological polar surface area (TPSA) is 112 Å². The summed E-state index contributed by atoms with van der Waals surface area (Å²) in [7, 11) is 0. The number of piperidine rings is 1. The molecule has 0 aliphatic carbocycles. The highest BCUT2D eigenvalue weighted by atomic mass is 16.3. The first kappa shape index (κ1) is 20.7. The quantitative estimate of drug-likeness (QED) is 0.576. The molecule has 2 aliphatic heterocycles. The molecule has 0 spiro atoms. The van der Waals surface area contributed by atoms with E-state index >= 15 is 0 Å². The fourth-order valence-corrected chi connectivity index (χ4v) is 4.68. The van der Waals surface area contributed by atoms with Crippen LogP contribution in [0.2, 0.25) is 0 Å². The summed E-state index contributed by atoms with van der Waals surface area (Å²) in [5, 5.41) is 20.3. The van der Waals surface area contributed by atoms with E-state index in [0.29, 0.717) is 36.4 Å². The van der Waals surface area contributed by atoms with Crippen molar-refractivity contribution in [2.24, 2.45) is 5.73 Å². The first-order valence-corrected chi connectivity index (χ1v) is 11.1. The Morgan fingerprint density at radius 2 is 1.84 bits per heavy atom. The fraction of sp³-hybridized carbons (Fsp3) is 0.375. The van der Waals surface area contributed by atoms with Crippen molar-refractivity contribution < 1.29 is 10.2 Å². The van der Waals surface area contributed by atoms with Gasteiger partial charge < -0.3 is 25.7 Å². The van der Waals surface area contributed by atoms with Gasteiger partial charge in [-0.2, -0.15) is 15.0 Å². The van der Waals surface area contributed by atoms with Gasteiger partial charge in [0.15, 0.2) is 5.82 Å². The van der Waals surface area contributed by atoms with Crippen molar-refractivity contribution in [2.45, 2.75) is 31.3 Å². The molecule has 0 amide bonds. The molecule has 2 atom stereocenters. The largest absolute Gasteiger partial charge is 0.508 e. The summed E-state index contributed by atoms with van der Waals surface area (Å²) in [6.45, 7) is 2.19. The minimum absolute atomic E-state index is 0.0337. The SMILES string of the molecule is N[C@@H]1CCCN(c2nc(-c3cccc(O)c3)nc(N3CCc4ccccc4C3CO)n2)C1. The zero-order valence-corrected chi connectivity index (χ0v) is 17.9. The van der Waals surface area contributed by atoms with Crippen molar-refractivity contribution in [1.82, 2.24) is 15.0 Å². The predicted molar refractivity (Wildman–Crippen MR) is 124 cm³/mol. The zero-order chi connectivity index (χ0) is 22.1. The second-order valence-corrected chi connectivity index (χ2v) is 8.50. The van der Waals surface area contributed by atoms with Crippen LogP contribution in [-0.2, 0) is 6.42 Å². The van der Waals surface area contributed by atoms with Gasteiger partial charge in [-0.25, -0.2) is 0 Å². The summed E-state index contributed by atoms with van der Waals surface area (Å²) in [4.78, 5) is 18.5. The Balaban J connectivity index is 1.59. The average molecular weight is 433 g/mol. The van der Waals surface area contributed by atoms with E-state index in [9.17, 15) is 10.2 Å². The third-order valence-corrected chi connectivity index (χ3v) is 6.30. The normalized spacial score (nSPS) is 20.8. The van der Waals surface area contributed by atoms with Crippen LogP contribution in [0.15, 0.2) is 48.5 Å². The summed E-state index contributed by atoms with van der Waals surface area (Å²) < 4.78 is 0. The molecule has 3 heterocycles. The van der Waals surface area contributed by atoms with Crippen LogP contribution in [0.4, 0.5) is 11.9 Å². The number of nitrogens with zero attached hydrogens (tertiary/aromatic N) is 5. The third kappa shape index (κ3) is 3.99. The van der Waals surface area contributed by atoms with Crippen molar-refractivity contribution in [2.75, 3.05) is 36.0 Å². The highest BCUT2D eigenvalue weighted by Crippen LogP contribution is 2.33. The molecule has 0 bridgehead atoms. The number of phenolic OH excluding ortho intramolecular Hbond substituents is 1. The molecule has 3 aromatic rings. The van der Waals surface area contributed by atoms with Crippen LogP contribution in [-0.4, -0.2) is 57.4 Å². The standard InChI is InChI=1S/C24H28N6O2/c25-18-7-4-11-29(14-18)23-26-22(17-6-3-8-19(32)13-17)27-24(28-23)30-12-10-16-5-1-2-9-20(16)21(30)15-31/h1-3,5-6,8-9,13,18,21,31-32H,4,7,10-12,14-15,25H2/t18-,21?/m1/s1. The van der Waals surface area contributed by atoms with E-state index in [1.54, 1.807) is 18.2 Å². The maximum Gasteiger partial charge on any atom is 0.231 e. The molecule has 1 unspecified atom stereocenters. The van der Waals surface area contributed by atoms with Gasteiger partial charge >= 0.3 is 0 Å². The number of benzene rings is 2. The number of fused-ring (bicyclic) bond motifs is 1. The Bertz CT molecular complexity index is 1110. The van der Waals surface area contributed by atoms with Gasteiger partial charge in [0.05, 0.1) is 12.6 Å². The minimum atomic E-state index is -0.226. The summed E-state index contributed by atoms with van der Waals surface area (Å²) in [5.41, 5.74) is 9.28. The van der Waals surface area contributed by atoms with Crippen LogP contribution >= 0.6 is 0 Å². The lowest BCUT2D eigenvalue weighted by Gasteiger charge is -2.37. The summed E-state index contributed by atoms with van der Waals surface area (Å²) in [6, 6.07) is 15.0. The van der Waals surface area contributed by atoms with E-state index in [0.717, 1.165) is 31.4 Å². The monoisotopic (exact) mass is 432 g/mol. The van der Waals surface area contributed by atoms with E-state index in [2.05, 4.69) is 21.9 Å². The van der Waals surface area contributed by atoms with Crippen LogP contribution < -0.4 is 15.5 Å². The number of aliphatic hydroxyl groups excluding tert-OH is 1. The number of phenols is 1. The van der Waals surface area contributed by atoms with Crippen molar-refractivity contribution in [3.05, 3.63) is 59.7 Å². The van der Waals surface area contributed by atoms with Gasteiger partial charge in [-0.1, -0.05) is 36.4 Å². The van der Waals surface area contributed by atoms with Gasteiger partial charge in [0.2, 0.25) is 11.9 Å². The first-order chi connectivity index (χ1) is 15.6. The average Bonchev–Trinajstić information content (AvgIpc) is 2.83. The van der Waals surface area contributed by atoms with Crippen LogP contribution in [0.5, 0.6) is 5.75 Å². The molecule has 1 saturated heterocycles.